The van der Waals surface area contributed by atoms with Gasteiger partial charge in [-0.25, -0.2) is 4.79 Å². The average Bonchev–Trinajstić information content (AvgIpc) is 2.88. The largest absolute Gasteiger partial charge is 0.465 e. The number of aliphatic hydroxyl groups is 1. The lowest BCUT2D eigenvalue weighted by atomic mass is 9.95. The minimum Gasteiger partial charge on any atom is -0.465 e. The van der Waals surface area contributed by atoms with Gasteiger partial charge in [-0.3, -0.25) is 9.59 Å². The molecule has 0 aliphatic rings. The Hall–Kier alpha value is -1.63. The second kappa shape index (κ2) is 21.3. The molecule has 0 spiro atoms. The molecule has 0 saturated carbocycles. The third-order valence-corrected chi connectivity index (χ3v) is 7.29. The van der Waals surface area contributed by atoms with Gasteiger partial charge in [-0.1, -0.05) is 99.3 Å². The summed E-state index contributed by atoms with van der Waals surface area (Å²) in [6.07, 6.45) is 10.4. The number of unbranched alkanes of at least 4 members (excludes halogenated alkanes) is 3. The van der Waals surface area contributed by atoms with E-state index in [4.69, 9.17) is 14.2 Å². The molecule has 0 aromatic carbocycles. The first kappa shape index (κ1) is 35.4. The van der Waals surface area contributed by atoms with Gasteiger partial charge in [-0.2, -0.15) is 0 Å². The zero-order valence-electron chi connectivity index (χ0n) is 24.6. The monoisotopic (exact) mass is 528 g/mol. The summed E-state index contributed by atoms with van der Waals surface area (Å²) in [5.41, 5.74) is -2.31. The molecule has 218 valence electrons. The first-order chi connectivity index (χ1) is 17.7. The van der Waals surface area contributed by atoms with Crippen LogP contribution in [0.5, 0.6) is 0 Å². The molecule has 0 amide bonds. The highest BCUT2D eigenvalue weighted by molar-refractivity contribution is 5.90. The standard InChI is InChI=1S/C30H56O7/c1-7-13-16-24(10-4)21-35-27(31)19-30(34,29(33)37-23-26(12-6)18-15-9-3)20-28(32)36-22-25(11-5)17-14-8-2/h24-26,34H,7-23H2,1-6H3/t24-,25-,26+/m1/s1. The fourth-order valence-corrected chi connectivity index (χ4v) is 4.23. The summed E-state index contributed by atoms with van der Waals surface area (Å²) < 4.78 is 16.3. The van der Waals surface area contributed by atoms with Crippen molar-refractivity contribution >= 4 is 17.9 Å². The molecule has 0 bridgehead atoms. The second-order valence-corrected chi connectivity index (χ2v) is 10.6. The molecule has 0 unspecified atom stereocenters. The van der Waals surface area contributed by atoms with Crippen molar-refractivity contribution in [3.05, 3.63) is 0 Å². The van der Waals surface area contributed by atoms with Gasteiger partial charge in [0.1, 0.15) is 0 Å². The third-order valence-electron chi connectivity index (χ3n) is 7.29. The van der Waals surface area contributed by atoms with E-state index in [0.29, 0.717) is 0 Å². The van der Waals surface area contributed by atoms with Crippen LogP contribution in [-0.4, -0.2) is 48.4 Å². The molecule has 0 aliphatic carbocycles. The molecule has 1 N–H and O–H groups in total. The van der Waals surface area contributed by atoms with Crippen LogP contribution in [-0.2, 0) is 28.6 Å². The van der Waals surface area contributed by atoms with E-state index in [-0.39, 0.29) is 37.6 Å². The Morgan fingerprint density at radius 2 is 0.919 bits per heavy atom. The van der Waals surface area contributed by atoms with Crippen molar-refractivity contribution in [1.29, 1.82) is 0 Å². The van der Waals surface area contributed by atoms with E-state index < -0.39 is 36.4 Å². The van der Waals surface area contributed by atoms with Crippen LogP contribution >= 0.6 is 0 Å². The molecule has 0 saturated heterocycles. The lowest BCUT2D eigenvalue weighted by molar-refractivity contribution is -0.179. The molecule has 0 heterocycles. The first-order valence-electron chi connectivity index (χ1n) is 14.9. The van der Waals surface area contributed by atoms with Crippen molar-refractivity contribution in [2.75, 3.05) is 19.8 Å². The summed E-state index contributed by atoms with van der Waals surface area (Å²) in [7, 11) is 0. The summed E-state index contributed by atoms with van der Waals surface area (Å²) in [6.45, 7) is 13.1. The van der Waals surface area contributed by atoms with Crippen molar-refractivity contribution in [2.24, 2.45) is 17.8 Å². The summed E-state index contributed by atoms with van der Waals surface area (Å²) in [5, 5.41) is 11.2. The Bertz CT molecular complexity index is 585. The second-order valence-electron chi connectivity index (χ2n) is 10.6. The van der Waals surface area contributed by atoms with E-state index in [1.54, 1.807) is 0 Å². The van der Waals surface area contributed by atoms with Crippen LogP contribution in [0.3, 0.4) is 0 Å². The molecule has 0 radical (unpaired) electrons. The highest BCUT2D eigenvalue weighted by Crippen LogP contribution is 2.23. The average molecular weight is 529 g/mol. The number of carbonyl (C=O) groups is 3. The fraction of sp³-hybridized carbons (Fsp3) is 0.900. The number of hydrogen-bond donors (Lipinski definition) is 1. The summed E-state index contributed by atoms with van der Waals surface area (Å²) in [4.78, 5) is 38.3. The molecule has 3 atom stereocenters. The summed E-state index contributed by atoms with van der Waals surface area (Å²) in [5.74, 6) is -1.77. The van der Waals surface area contributed by atoms with Crippen molar-refractivity contribution in [1.82, 2.24) is 0 Å². The Labute approximate surface area is 226 Å². The van der Waals surface area contributed by atoms with Gasteiger partial charge in [0.2, 0.25) is 0 Å². The molecule has 7 heteroatoms. The Morgan fingerprint density at radius 3 is 1.22 bits per heavy atom. The first-order valence-corrected chi connectivity index (χ1v) is 14.9. The summed E-state index contributed by atoms with van der Waals surface area (Å²) >= 11 is 0. The highest BCUT2D eigenvalue weighted by atomic mass is 16.6. The minimum absolute atomic E-state index is 0.144. The van der Waals surface area contributed by atoms with E-state index in [2.05, 4.69) is 20.8 Å². The minimum atomic E-state index is -2.31. The van der Waals surface area contributed by atoms with Gasteiger partial charge in [0.15, 0.2) is 5.60 Å². The van der Waals surface area contributed by atoms with Gasteiger partial charge in [0, 0.05) is 0 Å². The topological polar surface area (TPSA) is 99.1 Å². The van der Waals surface area contributed by atoms with Crippen LogP contribution in [0.25, 0.3) is 0 Å². The zero-order valence-corrected chi connectivity index (χ0v) is 24.6. The van der Waals surface area contributed by atoms with Crippen molar-refractivity contribution < 1.29 is 33.7 Å². The van der Waals surface area contributed by atoms with Crippen LogP contribution in [0.4, 0.5) is 0 Å². The highest BCUT2D eigenvalue weighted by Gasteiger charge is 2.43. The van der Waals surface area contributed by atoms with Crippen LogP contribution in [0.1, 0.15) is 131 Å². The van der Waals surface area contributed by atoms with Gasteiger partial charge in [0.25, 0.3) is 0 Å². The fourth-order valence-electron chi connectivity index (χ4n) is 4.23. The van der Waals surface area contributed by atoms with Crippen molar-refractivity contribution in [2.45, 2.75) is 137 Å². The van der Waals surface area contributed by atoms with E-state index in [0.717, 1.165) is 77.0 Å². The summed E-state index contributed by atoms with van der Waals surface area (Å²) in [6, 6.07) is 0. The number of esters is 3. The van der Waals surface area contributed by atoms with Crippen LogP contribution in [0, 0.1) is 17.8 Å². The third kappa shape index (κ3) is 16.0. The van der Waals surface area contributed by atoms with E-state index in [9.17, 15) is 19.5 Å². The van der Waals surface area contributed by atoms with Crippen molar-refractivity contribution in [3.63, 3.8) is 0 Å². The molecule has 37 heavy (non-hydrogen) atoms. The maximum absolute atomic E-state index is 13.0. The van der Waals surface area contributed by atoms with Gasteiger partial charge < -0.3 is 19.3 Å². The molecule has 0 rings (SSSR count). The lowest BCUT2D eigenvalue weighted by Gasteiger charge is -2.26. The van der Waals surface area contributed by atoms with E-state index in [1.165, 1.54) is 0 Å². The van der Waals surface area contributed by atoms with Gasteiger partial charge >= 0.3 is 17.9 Å². The number of carbonyl (C=O) groups excluding carboxylic acids is 3. The van der Waals surface area contributed by atoms with Crippen molar-refractivity contribution in [3.8, 4) is 0 Å². The number of rotatable bonds is 23. The number of ether oxygens (including phenoxy) is 3. The lowest BCUT2D eigenvalue weighted by Crippen LogP contribution is -2.45. The smallest absolute Gasteiger partial charge is 0.339 e. The van der Waals surface area contributed by atoms with Crippen LogP contribution < -0.4 is 0 Å². The van der Waals surface area contributed by atoms with E-state index in [1.807, 2.05) is 20.8 Å². The van der Waals surface area contributed by atoms with Crippen LogP contribution in [0.15, 0.2) is 0 Å². The van der Waals surface area contributed by atoms with Gasteiger partial charge in [-0.05, 0) is 37.0 Å². The molecular formula is C30H56O7. The van der Waals surface area contributed by atoms with Gasteiger partial charge in [0.05, 0.1) is 32.7 Å². The maximum Gasteiger partial charge on any atom is 0.339 e. The quantitative estimate of drug-likeness (QED) is 0.115. The Kier molecular flexibility index (Phi) is 20.4. The molecule has 0 aliphatic heterocycles. The predicted molar refractivity (Wildman–Crippen MR) is 147 cm³/mol. The van der Waals surface area contributed by atoms with E-state index >= 15 is 0 Å². The molecular weight excluding hydrogens is 472 g/mol. The normalized spacial score (nSPS) is 14.0. The van der Waals surface area contributed by atoms with Crippen LogP contribution in [0.2, 0.25) is 0 Å². The molecule has 0 fully saturated rings. The molecule has 7 nitrogen and oxygen atoms in total. The Morgan fingerprint density at radius 1 is 0.595 bits per heavy atom. The maximum atomic E-state index is 13.0. The number of hydrogen-bond acceptors (Lipinski definition) is 7. The molecule has 0 aromatic rings. The zero-order chi connectivity index (χ0) is 28.1. The SMILES string of the molecule is CCCC[C@@H](CC)COC(=O)CC(O)(CC(=O)OC[C@H](CC)CCCC)C(=O)OC[C@@H](CC)CCCC. The predicted octanol–water partition coefficient (Wildman–Crippen LogP) is 6.78. The molecule has 0 aromatic heterocycles. The Balaban J connectivity index is 5.29. The van der Waals surface area contributed by atoms with Gasteiger partial charge in [-0.15, -0.1) is 0 Å².